The molecule has 2 unspecified atom stereocenters. The lowest BCUT2D eigenvalue weighted by Gasteiger charge is -2.28. The maximum absolute atomic E-state index is 7.39. The van der Waals surface area contributed by atoms with Crippen LogP contribution in [-0.4, -0.2) is 31.6 Å². The third-order valence-corrected chi connectivity index (χ3v) is 3.48. The quantitative estimate of drug-likeness (QED) is 0.717. The summed E-state index contributed by atoms with van der Waals surface area (Å²) in [7, 11) is 1.99. The Bertz CT molecular complexity index is 427. The van der Waals surface area contributed by atoms with Crippen LogP contribution in [-0.2, 0) is 0 Å². The van der Waals surface area contributed by atoms with Crippen molar-refractivity contribution in [1.29, 1.82) is 5.41 Å². The van der Waals surface area contributed by atoms with Crippen LogP contribution < -0.4 is 5.32 Å². The van der Waals surface area contributed by atoms with E-state index in [0.717, 1.165) is 18.4 Å². The number of aliphatic imine (C=N–C) groups is 1. The molecule has 0 spiro atoms. The molecule has 1 aliphatic heterocycles. The van der Waals surface area contributed by atoms with Gasteiger partial charge in [0.1, 0.15) is 0 Å². The van der Waals surface area contributed by atoms with E-state index in [1.165, 1.54) is 17.4 Å². The fraction of sp³-hybridized carbons (Fsp3) is 0.429. The zero-order chi connectivity index (χ0) is 12.3. The number of hydrogen-bond acceptors (Lipinski definition) is 3. The van der Waals surface area contributed by atoms with Gasteiger partial charge in [0.25, 0.3) is 0 Å². The van der Waals surface area contributed by atoms with E-state index >= 15 is 0 Å². The summed E-state index contributed by atoms with van der Waals surface area (Å²) in [6.07, 6.45) is 11.7. The number of nitrogens with one attached hydrogen (secondary N) is 2. The van der Waals surface area contributed by atoms with E-state index in [4.69, 9.17) is 5.41 Å². The van der Waals surface area contributed by atoms with Crippen LogP contribution in [0.1, 0.15) is 19.8 Å². The van der Waals surface area contributed by atoms with Crippen LogP contribution in [0.5, 0.6) is 0 Å². The first-order valence-corrected chi connectivity index (χ1v) is 6.06. The van der Waals surface area contributed by atoms with E-state index in [2.05, 4.69) is 22.5 Å². The van der Waals surface area contributed by atoms with Gasteiger partial charge in [-0.15, -0.1) is 0 Å². The third kappa shape index (κ3) is 2.29. The van der Waals surface area contributed by atoms with Crippen molar-refractivity contribution in [3.63, 3.8) is 0 Å². The van der Waals surface area contributed by atoms with Crippen LogP contribution in [0.2, 0.25) is 0 Å². The number of likely N-dealkylation sites (N-methyl/N-ethyl adjacent to an activating group) is 1. The Balaban J connectivity index is 2.22. The maximum Gasteiger partial charge on any atom is 0.0800 e. The van der Waals surface area contributed by atoms with E-state index < -0.39 is 0 Å². The van der Waals surface area contributed by atoms with E-state index in [9.17, 15) is 0 Å². The molecule has 2 atom stereocenters. The lowest BCUT2D eigenvalue weighted by Crippen LogP contribution is -2.32. The molecule has 0 radical (unpaired) electrons. The topological polar surface area (TPSA) is 48.2 Å². The fourth-order valence-corrected chi connectivity index (χ4v) is 2.43. The second-order valence-electron chi connectivity index (χ2n) is 4.39. The van der Waals surface area contributed by atoms with Gasteiger partial charge in [-0.25, -0.2) is 0 Å². The van der Waals surface area contributed by atoms with Gasteiger partial charge in [0.15, 0.2) is 0 Å². The molecular weight excluding hydrogens is 210 g/mol. The van der Waals surface area contributed by atoms with Crippen LogP contribution in [0, 0.1) is 5.41 Å². The van der Waals surface area contributed by atoms with Gasteiger partial charge in [-0.2, -0.15) is 0 Å². The Morgan fingerprint density at radius 2 is 2.41 bits per heavy atom. The molecule has 2 rings (SSSR count). The summed E-state index contributed by atoms with van der Waals surface area (Å²) in [4.78, 5) is 4.58. The van der Waals surface area contributed by atoms with Crippen LogP contribution in [0.15, 0.2) is 39.9 Å². The maximum atomic E-state index is 7.39. The number of nitrogens with zero attached hydrogens (tertiary/aromatic N) is 1. The molecule has 3 heteroatoms. The SMILES string of the molecule is C/C=C(\C=N)C1CC2=C(C=N1)C(NC)CC=C2. The molecule has 17 heavy (non-hydrogen) atoms. The summed E-state index contributed by atoms with van der Waals surface area (Å²) in [5.41, 5.74) is 3.66. The third-order valence-electron chi connectivity index (χ3n) is 3.48. The zero-order valence-electron chi connectivity index (χ0n) is 10.4. The first-order valence-electron chi connectivity index (χ1n) is 6.06. The van der Waals surface area contributed by atoms with Crippen molar-refractivity contribution in [3.8, 4) is 0 Å². The molecule has 0 bridgehead atoms. The summed E-state index contributed by atoms with van der Waals surface area (Å²) < 4.78 is 0. The summed E-state index contributed by atoms with van der Waals surface area (Å²) in [5, 5.41) is 10.7. The molecule has 0 aromatic rings. The summed E-state index contributed by atoms with van der Waals surface area (Å²) in [6.45, 7) is 1.97. The second-order valence-corrected chi connectivity index (χ2v) is 4.39. The predicted octanol–water partition coefficient (Wildman–Crippen LogP) is 2.27. The first kappa shape index (κ1) is 12.0. The minimum Gasteiger partial charge on any atom is -0.313 e. The Morgan fingerprint density at radius 1 is 1.59 bits per heavy atom. The van der Waals surface area contributed by atoms with Crippen molar-refractivity contribution in [1.82, 2.24) is 5.32 Å². The number of rotatable bonds is 3. The Morgan fingerprint density at radius 3 is 3.06 bits per heavy atom. The van der Waals surface area contributed by atoms with Crippen LogP contribution in [0.3, 0.4) is 0 Å². The van der Waals surface area contributed by atoms with Gasteiger partial charge in [-0.05, 0) is 43.5 Å². The normalized spacial score (nSPS) is 28.2. The Labute approximate surface area is 103 Å². The molecule has 0 fully saturated rings. The highest BCUT2D eigenvalue weighted by atomic mass is 14.9. The fourth-order valence-electron chi connectivity index (χ4n) is 2.43. The zero-order valence-corrected chi connectivity index (χ0v) is 10.4. The van der Waals surface area contributed by atoms with E-state index in [0.29, 0.717) is 6.04 Å². The van der Waals surface area contributed by atoms with Gasteiger partial charge >= 0.3 is 0 Å². The second kappa shape index (κ2) is 5.23. The van der Waals surface area contributed by atoms with Crippen molar-refractivity contribution in [2.75, 3.05) is 7.05 Å². The number of allylic oxidation sites excluding steroid dienone is 2. The first-order chi connectivity index (χ1) is 8.30. The lowest BCUT2D eigenvalue weighted by atomic mass is 9.86. The van der Waals surface area contributed by atoms with E-state index in [-0.39, 0.29) is 6.04 Å². The molecule has 0 amide bonds. The molecule has 90 valence electrons. The van der Waals surface area contributed by atoms with E-state index in [1.807, 2.05) is 26.3 Å². The summed E-state index contributed by atoms with van der Waals surface area (Å²) in [5.74, 6) is 0. The highest BCUT2D eigenvalue weighted by Crippen LogP contribution is 2.28. The van der Waals surface area contributed by atoms with Gasteiger partial charge in [0.05, 0.1) is 6.04 Å². The average Bonchev–Trinajstić information content (AvgIpc) is 2.39. The molecule has 0 saturated carbocycles. The van der Waals surface area contributed by atoms with Crippen LogP contribution >= 0.6 is 0 Å². The molecule has 2 aliphatic rings. The van der Waals surface area contributed by atoms with Gasteiger partial charge < -0.3 is 10.7 Å². The van der Waals surface area contributed by atoms with E-state index in [1.54, 1.807) is 0 Å². The summed E-state index contributed by atoms with van der Waals surface area (Å²) >= 11 is 0. The van der Waals surface area contributed by atoms with Crippen molar-refractivity contribution >= 4 is 12.4 Å². The number of dihydropyridines is 1. The smallest absolute Gasteiger partial charge is 0.0800 e. The largest absolute Gasteiger partial charge is 0.313 e. The molecule has 2 N–H and O–H groups in total. The highest BCUT2D eigenvalue weighted by Gasteiger charge is 2.23. The number of hydrogen-bond donors (Lipinski definition) is 2. The molecule has 1 aliphatic carbocycles. The standard InChI is InChI=1S/C14H19N3/c1-3-10(8-15)14-7-11-5-4-6-13(16-2)12(11)9-17-14/h3-5,8-9,13-16H,6-7H2,1-2H3/b10-3+,15-8?. The monoisotopic (exact) mass is 229 g/mol. The highest BCUT2D eigenvalue weighted by molar-refractivity contribution is 5.86. The van der Waals surface area contributed by atoms with Crippen molar-refractivity contribution in [2.24, 2.45) is 4.99 Å². The molecule has 3 nitrogen and oxygen atoms in total. The van der Waals surface area contributed by atoms with Crippen LogP contribution in [0.4, 0.5) is 0 Å². The van der Waals surface area contributed by atoms with Gasteiger partial charge in [-0.3, -0.25) is 4.99 Å². The molecule has 0 aromatic carbocycles. The molecule has 0 aromatic heterocycles. The minimum absolute atomic E-state index is 0.122. The molecule has 1 heterocycles. The molecule has 0 saturated heterocycles. The van der Waals surface area contributed by atoms with Crippen molar-refractivity contribution < 1.29 is 0 Å². The van der Waals surface area contributed by atoms with Gasteiger partial charge in [0.2, 0.25) is 0 Å². The Hall–Kier alpha value is -1.48. The van der Waals surface area contributed by atoms with Crippen molar-refractivity contribution in [3.05, 3.63) is 34.9 Å². The van der Waals surface area contributed by atoms with Crippen molar-refractivity contribution in [2.45, 2.75) is 31.8 Å². The van der Waals surface area contributed by atoms with Crippen LogP contribution in [0.25, 0.3) is 0 Å². The molecular formula is C14H19N3. The predicted molar refractivity (Wildman–Crippen MR) is 73.1 cm³/mol. The minimum atomic E-state index is 0.122. The van der Waals surface area contributed by atoms with Gasteiger partial charge in [0, 0.05) is 18.5 Å². The summed E-state index contributed by atoms with van der Waals surface area (Å²) in [6, 6.07) is 0.519. The van der Waals surface area contributed by atoms with Gasteiger partial charge in [-0.1, -0.05) is 18.2 Å². The Kier molecular flexibility index (Phi) is 3.69. The average molecular weight is 229 g/mol. The lowest BCUT2D eigenvalue weighted by molar-refractivity contribution is 0.635.